The van der Waals surface area contributed by atoms with Gasteiger partial charge in [0.15, 0.2) is 0 Å². The van der Waals surface area contributed by atoms with Crippen LogP contribution in [0.2, 0.25) is 0 Å². The summed E-state index contributed by atoms with van der Waals surface area (Å²) >= 11 is 0. The molecule has 2 aliphatic rings. The van der Waals surface area contributed by atoms with Crippen molar-refractivity contribution in [2.45, 2.75) is 25.0 Å². The molecule has 0 saturated carbocycles. The first-order valence-corrected chi connectivity index (χ1v) is 13.3. The third-order valence-electron chi connectivity index (χ3n) is 8.60. The van der Waals surface area contributed by atoms with Gasteiger partial charge in [0.2, 0.25) is 5.72 Å². The maximum atomic E-state index is 7.17. The molecular formula is C35H27NO3. The third-order valence-corrected chi connectivity index (χ3v) is 8.60. The summed E-state index contributed by atoms with van der Waals surface area (Å²) in [4.78, 5) is 2.26. The summed E-state index contributed by atoms with van der Waals surface area (Å²) in [5.41, 5.74) is 6.06. The highest BCUT2D eigenvalue weighted by molar-refractivity contribution is 5.90. The number of para-hydroxylation sites is 3. The van der Waals surface area contributed by atoms with Gasteiger partial charge in [-0.25, -0.2) is 0 Å². The number of anilines is 1. The van der Waals surface area contributed by atoms with Crippen molar-refractivity contribution in [3.05, 3.63) is 114 Å². The minimum Gasteiger partial charge on any atom is -0.462 e. The molecule has 0 N–H and O–H groups in total. The lowest BCUT2D eigenvalue weighted by Gasteiger charge is -2.46. The first-order chi connectivity index (χ1) is 18.9. The Morgan fingerprint density at radius 3 is 2.05 bits per heavy atom. The maximum absolute atomic E-state index is 7.17. The van der Waals surface area contributed by atoms with Crippen LogP contribution in [0, 0.1) is 0 Å². The van der Waals surface area contributed by atoms with Gasteiger partial charge < -0.3 is 18.5 Å². The van der Waals surface area contributed by atoms with E-state index in [0.29, 0.717) is 0 Å². The van der Waals surface area contributed by atoms with Gasteiger partial charge in [-0.1, -0.05) is 54.6 Å². The van der Waals surface area contributed by atoms with Crippen molar-refractivity contribution in [1.29, 1.82) is 0 Å². The van der Waals surface area contributed by atoms with Crippen molar-refractivity contribution >= 4 is 33.7 Å². The van der Waals surface area contributed by atoms with Crippen LogP contribution in [0.5, 0.6) is 5.75 Å². The molecule has 1 unspecified atom stereocenters. The van der Waals surface area contributed by atoms with Crippen molar-refractivity contribution in [2.75, 3.05) is 11.9 Å². The largest absolute Gasteiger partial charge is 0.462 e. The Morgan fingerprint density at radius 2 is 1.33 bits per heavy atom. The van der Waals surface area contributed by atoms with Crippen LogP contribution in [-0.2, 0) is 5.41 Å². The fourth-order valence-electron chi connectivity index (χ4n) is 6.45. The summed E-state index contributed by atoms with van der Waals surface area (Å²) in [5, 5.41) is 2.13. The summed E-state index contributed by atoms with van der Waals surface area (Å²) in [5.74, 6) is 2.40. The highest BCUT2D eigenvalue weighted by atomic mass is 16.5. The van der Waals surface area contributed by atoms with Crippen LogP contribution >= 0.6 is 0 Å². The van der Waals surface area contributed by atoms with Gasteiger partial charge in [0.05, 0.1) is 11.0 Å². The van der Waals surface area contributed by atoms with E-state index < -0.39 is 5.72 Å². The molecule has 4 heterocycles. The third kappa shape index (κ3) is 3.00. The first-order valence-electron chi connectivity index (χ1n) is 13.3. The Balaban J connectivity index is 1.35. The number of rotatable bonds is 2. The van der Waals surface area contributed by atoms with Crippen LogP contribution in [-0.4, -0.2) is 12.8 Å². The normalized spacial score (nSPS) is 19.0. The van der Waals surface area contributed by atoms with Crippen molar-refractivity contribution in [2.24, 2.45) is 0 Å². The molecule has 8 rings (SSSR count). The predicted octanol–water partition coefficient (Wildman–Crippen LogP) is 9.04. The van der Waals surface area contributed by atoms with Crippen molar-refractivity contribution in [3.63, 3.8) is 0 Å². The van der Waals surface area contributed by atoms with Crippen LogP contribution < -0.4 is 9.64 Å². The molecule has 4 nitrogen and oxygen atoms in total. The van der Waals surface area contributed by atoms with E-state index in [0.717, 1.165) is 55.9 Å². The van der Waals surface area contributed by atoms with E-state index in [1.165, 1.54) is 11.3 Å². The van der Waals surface area contributed by atoms with E-state index in [4.69, 9.17) is 13.6 Å². The number of benzene rings is 4. The van der Waals surface area contributed by atoms with Crippen LogP contribution in [0.25, 0.3) is 50.7 Å². The molecule has 2 aromatic heterocycles. The molecule has 4 aromatic carbocycles. The molecule has 4 heteroatoms. The highest BCUT2D eigenvalue weighted by Crippen LogP contribution is 2.56. The quantitative estimate of drug-likeness (QED) is 0.233. The lowest BCUT2D eigenvalue weighted by atomic mass is 9.76. The molecule has 39 heavy (non-hydrogen) atoms. The van der Waals surface area contributed by atoms with Crippen LogP contribution in [0.3, 0.4) is 0 Å². The molecule has 0 bridgehead atoms. The van der Waals surface area contributed by atoms with Crippen LogP contribution in [0.4, 0.5) is 5.69 Å². The Kier molecular flexibility index (Phi) is 4.39. The van der Waals surface area contributed by atoms with Gasteiger partial charge in [-0.05, 0) is 74.0 Å². The summed E-state index contributed by atoms with van der Waals surface area (Å²) in [6, 6.07) is 33.3. The van der Waals surface area contributed by atoms with E-state index in [1.54, 1.807) is 0 Å². The van der Waals surface area contributed by atoms with Gasteiger partial charge >= 0.3 is 0 Å². The average molecular weight is 510 g/mol. The zero-order valence-corrected chi connectivity index (χ0v) is 22.1. The molecule has 0 fully saturated rings. The molecule has 0 saturated heterocycles. The van der Waals surface area contributed by atoms with E-state index >= 15 is 0 Å². The van der Waals surface area contributed by atoms with Gasteiger partial charge in [0.25, 0.3) is 0 Å². The molecule has 0 aliphatic carbocycles. The molecular weight excluding hydrogens is 482 g/mol. The Labute approximate surface area is 226 Å². The minimum atomic E-state index is -0.689. The Morgan fingerprint density at radius 1 is 0.692 bits per heavy atom. The van der Waals surface area contributed by atoms with Crippen molar-refractivity contribution in [1.82, 2.24) is 0 Å². The Hall–Kier alpha value is -4.70. The maximum Gasteiger partial charge on any atom is 0.211 e. The number of furan rings is 2. The number of hydrogen-bond donors (Lipinski definition) is 0. The summed E-state index contributed by atoms with van der Waals surface area (Å²) < 4.78 is 19.9. The fourth-order valence-corrected chi connectivity index (χ4v) is 6.45. The minimum absolute atomic E-state index is 0.297. The molecule has 1 spiro atoms. The number of fused-ring (bicyclic) bond motifs is 4. The molecule has 6 aromatic rings. The second-order valence-electron chi connectivity index (χ2n) is 11.1. The second-order valence-corrected chi connectivity index (χ2v) is 11.1. The van der Waals surface area contributed by atoms with Gasteiger partial charge in [-0.2, -0.15) is 0 Å². The van der Waals surface area contributed by atoms with E-state index in [1.807, 2.05) is 36.4 Å². The van der Waals surface area contributed by atoms with Crippen LogP contribution in [0.1, 0.15) is 25.0 Å². The number of nitrogens with zero attached hydrogens (tertiary/aromatic N) is 1. The van der Waals surface area contributed by atoms with Gasteiger partial charge in [-0.15, -0.1) is 0 Å². The first kappa shape index (κ1) is 22.3. The predicted molar refractivity (Wildman–Crippen MR) is 157 cm³/mol. The van der Waals surface area contributed by atoms with Crippen molar-refractivity contribution in [3.8, 4) is 28.4 Å². The van der Waals surface area contributed by atoms with Gasteiger partial charge in [0.1, 0.15) is 28.4 Å². The fraction of sp³-hybridized carbons (Fsp3) is 0.143. The zero-order valence-electron chi connectivity index (χ0n) is 22.1. The van der Waals surface area contributed by atoms with E-state index in [9.17, 15) is 0 Å². The standard InChI is InChI=1S/C35H27NO3/c1-34(2)27-12-6-7-13-28(27)36(3)35(34)17-16-24-18-25(31-20-22-10-4-8-14-29(22)37-31)19-26(33(24)39-35)32-21-23-11-5-9-15-30(23)38-32/h4-21H,1-3H3. The lowest BCUT2D eigenvalue weighted by molar-refractivity contribution is 0.0587. The van der Waals surface area contributed by atoms with Gasteiger partial charge in [-0.3, -0.25) is 0 Å². The monoisotopic (exact) mass is 509 g/mol. The molecule has 190 valence electrons. The summed E-state index contributed by atoms with van der Waals surface area (Å²) in [6.07, 6.45) is 4.40. The molecule has 1 atom stereocenters. The molecule has 0 radical (unpaired) electrons. The zero-order chi connectivity index (χ0) is 26.4. The van der Waals surface area contributed by atoms with Crippen molar-refractivity contribution < 1.29 is 13.6 Å². The summed E-state index contributed by atoms with van der Waals surface area (Å²) in [7, 11) is 2.12. The number of hydrogen-bond acceptors (Lipinski definition) is 4. The molecule has 2 aliphatic heterocycles. The van der Waals surface area contributed by atoms with Gasteiger partial charge in [0, 0.05) is 34.6 Å². The highest BCUT2D eigenvalue weighted by Gasteiger charge is 2.57. The van der Waals surface area contributed by atoms with E-state index in [2.05, 4.69) is 98.6 Å². The summed E-state index contributed by atoms with van der Waals surface area (Å²) in [6.45, 7) is 4.52. The van der Waals surface area contributed by atoms with E-state index in [-0.39, 0.29) is 5.41 Å². The van der Waals surface area contributed by atoms with Crippen LogP contribution in [0.15, 0.2) is 112 Å². The topological polar surface area (TPSA) is 38.8 Å². The second kappa shape index (κ2) is 7.67. The lowest BCUT2D eigenvalue weighted by Crippen LogP contribution is -2.58. The molecule has 0 amide bonds. The average Bonchev–Trinajstić information content (AvgIpc) is 3.63. The number of ether oxygens (including phenoxy) is 1. The smallest absolute Gasteiger partial charge is 0.211 e. The Bertz CT molecular complexity index is 1890. The SMILES string of the molecule is CN1c2ccccc2C(C)(C)C12C=Cc1cc(-c3cc4ccccc4o3)cc(-c3cc4ccccc4o3)c1O2. The number of likely N-dealkylation sites (N-methyl/N-ethyl adjacent to an activating group) is 1.